The zero-order chi connectivity index (χ0) is 24.9. The summed E-state index contributed by atoms with van der Waals surface area (Å²) < 4.78 is 72.0. The van der Waals surface area contributed by atoms with Crippen LogP contribution in [0.25, 0.3) is 0 Å². The van der Waals surface area contributed by atoms with Crippen molar-refractivity contribution in [2.45, 2.75) is 42.7 Å². The van der Waals surface area contributed by atoms with Gasteiger partial charge in [-0.2, -0.15) is 0 Å². The standard InChI is InChI=1S/C24H24F4N4O3/c1-34-8-9-35-18-5-2-16(3-6-18)21-11-22(12-21,13-21)24(27,28)23(33,14-32-15-29-30-31-32)19-7-4-17(25)10-20(19)26/h2-7,10,15,33H,8-9,11-14H2,1H3/t21?,22?,23-/m0/s1. The second kappa shape index (κ2) is 8.27. The van der Waals surface area contributed by atoms with E-state index in [9.17, 15) is 13.9 Å². The molecule has 0 amide bonds. The maximum Gasteiger partial charge on any atom is 0.287 e. The second-order valence-electron chi connectivity index (χ2n) is 9.52. The number of nitrogens with zero attached hydrogens (tertiary/aromatic N) is 4. The Kier molecular flexibility index (Phi) is 5.59. The van der Waals surface area contributed by atoms with Crippen LogP contribution in [0, 0.1) is 17.0 Å². The molecule has 1 aromatic heterocycles. The van der Waals surface area contributed by atoms with Crippen LogP contribution in [0.5, 0.6) is 5.75 Å². The summed E-state index contributed by atoms with van der Waals surface area (Å²) >= 11 is 0. The molecule has 3 aliphatic carbocycles. The summed E-state index contributed by atoms with van der Waals surface area (Å²) in [5, 5.41) is 21.8. The van der Waals surface area contributed by atoms with Gasteiger partial charge in [-0.05, 0) is 64.9 Å². The molecule has 0 spiro atoms. The van der Waals surface area contributed by atoms with Gasteiger partial charge < -0.3 is 14.6 Å². The lowest BCUT2D eigenvalue weighted by atomic mass is 9.30. The molecule has 35 heavy (non-hydrogen) atoms. The normalized spacial score (nSPS) is 24.9. The number of tetrazole rings is 1. The van der Waals surface area contributed by atoms with Crippen molar-refractivity contribution >= 4 is 0 Å². The van der Waals surface area contributed by atoms with E-state index in [1.165, 1.54) is 0 Å². The van der Waals surface area contributed by atoms with E-state index in [-0.39, 0.29) is 19.3 Å². The Labute approximate surface area is 198 Å². The van der Waals surface area contributed by atoms with E-state index >= 15 is 8.78 Å². The number of aromatic nitrogens is 4. The number of alkyl halides is 2. The van der Waals surface area contributed by atoms with Gasteiger partial charge in [0.25, 0.3) is 5.92 Å². The SMILES string of the molecule is COCCOc1ccc(C23CC(C(F)(F)[C@](O)(Cn4cnnn4)c4ccc(F)cc4F)(C2)C3)cc1. The monoisotopic (exact) mass is 492 g/mol. The van der Waals surface area contributed by atoms with E-state index in [1.807, 2.05) is 12.1 Å². The van der Waals surface area contributed by atoms with Crippen LogP contribution in [-0.2, 0) is 22.3 Å². The fourth-order valence-corrected chi connectivity index (χ4v) is 5.68. The predicted octanol–water partition coefficient (Wildman–Crippen LogP) is 3.62. The molecule has 1 N–H and O–H groups in total. The van der Waals surface area contributed by atoms with Crippen LogP contribution in [0.2, 0.25) is 0 Å². The average Bonchev–Trinajstić information content (AvgIpc) is 3.25. The highest BCUT2D eigenvalue weighted by molar-refractivity contribution is 5.44. The van der Waals surface area contributed by atoms with E-state index in [1.54, 1.807) is 19.2 Å². The van der Waals surface area contributed by atoms with Crippen molar-refractivity contribution in [1.29, 1.82) is 0 Å². The van der Waals surface area contributed by atoms with Crippen molar-refractivity contribution in [2.75, 3.05) is 20.3 Å². The number of ether oxygens (including phenoxy) is 2. The quantitative estimate of drug-likeness (QED) is 0.344. The van der Waals surface area contributed by atoms with Gasteiger partial charge in [-0.25, -0.2) is 22.2 Å². The van der Waals surface area contributed by atoms with Crippen LogP contribution in [0.4, 0.5) is 17.6 Å². The molecule has 2 bridgehead atoms. The van der Waals surface area contributed by atoms with E-state index in [0.29, 0.717) is 25.0 Å². The van der Waals surface area contributed by atoms with Crippen LogP contribution >= 0.6 is 0 Å². The fraction of sp³-hybridized carbons (Fsp3) is 0.458. The molecule has 7 nitrogen and oxygen atoms in total. The Morgan fingerprint density at radius 3 is 2.37 bits per heavy atom. The Balaban J connectivity index is 1.40. The molecule has 1 heterocycles. The molecule has 11 heteroatoms. The van der Waals surface area contributed by atoms with Crippen molar-refractivity contribution in [3.8, 4) is 5.75 Å². The first-order chi connectivity index (χ1) is 16.6. The summed E-state index contributed by atoms with van der Waals surface area (Å²) in [4.78, 5) is 0. The molecule has 186 valence electrons. The van der Waals surface area contributed by atoms with Gasteiger partial charge in [-0.3, -0.25) is 0 Å². The summed E-state index contributed by atoms with van der Waals surface area (Å²) in [6.07, 6.45) is 1.43. The first kappa shape index (κ1) is 23.7. The summed E-state index contributed by atoms with van der Waals surface area (Å²) in [6.45, 7) is 0.0550. The third-order valence-corrected chi connectivity index (χ3v) is 7.40. The van der Waals surface area contributed by atoms with Crippen molar-refractivity contribution in [3.05, 3.63) is 71.6 Å². The number of halogens is 4. The maximum atomic E-state index is 16.2. The lowest BCUT2D eigenvalue weighted by Gasteiger charge is -2.74. The highest BCUT2D eigenvalue weighted by Gasteiger charge is 2.82. The molecule has 2 aromatic carbocycles. The van der Waals surface area contributed by atoms with Crippen LogP contribution in [0.1, 0.15) is 30.4 Å². The number of hydrogen-bond acceptors (Lipinski definition) is 6. The lowest BCUT2D eigenvalue weighted by molar-refractivity contribution is -0.347. The van der Waals surface area contributed by atoms with E-state index in [0.717, 1.165) is 28.7 Å². The van der Waals surface area contributed by atoms with E-state index in [4.69, 9.17) is 9.47 Å². The molecule has 3 fully saturated rings. The summed E-state index contributed by atoms with van der Waals surface area (Å²) in [5.41, 5.74) is -4.76. The van der Waals surface area contributed by atoms with Crippen LogP contribution in [0.3, 0.4) is 0 Å². The van der Waals surface area contributed by atoms with Gasteiger partial charge in [0, 0.05) is 24.2 Å². The largest absolute Gasteiger partial charge is 0.491 e. The smallest absolute Gasteiger partial charge is 0.287 e. The van der Waals surface area contributed by atoms with Gasteiger partial charge in [0.15, 0.2) is 5.60 Å². The summed E-state index contributed by atoms with van der Waals surface area (Å²) in [7, 11) is 1.58. The molecule has 0 radical (unpaired) electrons. The zero-order valence-electron chi connectivity index (χ0n) is 18.9. The number of methoxy groups -OCH3 is 1. The Morgan fingerprint density at radius 1 is 1.06 bits per heavy atom. The Bertz CT molecular complexity index is 1190. The molecular formula is C24H24F4N4O3. The first-order valence-corrected chi connectivity index (χ1v) is 11.1. The van der Waals surface area contributed by atoms with Gasteiger partial charge in [0.1, 0.15) is 30.3 Å². The molecule has 6 rings (SSSR count). The van der Waals surface area contributed by atoms with Crippen LogP contribution in [-0.4, -0.2) is 51.6 Å². The highest BCUT2D eigenvalue weighted by atomic mass is 19.3. The summed E-state index contributed by atoms with van der Waals surface area (Å²) in [6, 6.07) is 9.48. The van der Waals surface area contributed by atoms with Crippen molar-refractivity contribution < 1.29 is 32.1 Å². The maximum absolute atomic E-state index is 16.2. The topological polar surface area (TPSA) is 82.3 Å². The van der Waals surface area contributed by atoms with Crippen LogP contribution < -0.4 is 4.74 Å². The molecule has 0 saturated heterocycles. The molecule has 3 aromatic rings. The Hall–Kier alpha value is -3.05. The van der Waals surface area contributed by atoms with Crippen molar-refractivity contribution in [3.63, 3.8) is 0 Å². The highest BCUT2D eigenvalue weighted by Crippen LogP contribution is 2.80. The van der Waals surface area contributed by atoms with Gasteiger partial charge in [0.2, 0.25) is 0 Å². The number of aliphatic hydroxyl groups is 1. The molecular weight excluding hydrogens is 468 g/mol. The van der Waals surface area contributed by atoms with Gasteiger partial charge in [0.05, 0.1) is 13.2 Å². The van der Waals surface area contributed by atoms with Crippen molar-refractivity contribution in [2.24, 2.45) is 5.41 Å². The third-order valence-electron chi connectivity index (χ3n) is 7.40. The molecule has 1 atom stereocenters. The third kappa shape index (κ3) is 3.59. The van der Waals surface area contributed by atoms with E-state index in [2.05, 4.69) is 15.5 Å². The van der Waals surface area contributed by atoms with Crippen LogP contribution in [0.15, 0.2) is 48.8 Å². The van der Waals surface area contributed by atoms with Crippen molar-refractivity contribution in [1.82, 2.24) is 20.2 Å². The Morgan fingerprint density at radius 2 is 1.77 bits per heavy atom. The minimum absolute atomic E-state index is 0.123. The zero-order valence-corrected chi connectivity index (χ0v) is 18.9. The predicted molar refractivity (Wildman–Crippen MR) is 115 cm³/mol. The van der Waals surface area contributed by atoms with Gasteiger partial charge in [-0.15, -0.1) is 5.10 Å². The summed E-state index contributed by atoms with van der Waals surface area (Å²) in [5.74, 6) is -5.29. The number of rotatable bonds is 10. The average molecular weight is 492 g/mol. The molecule has 3 aliphatic rings. The van der Waals surface area contributed by atoms with Gasteiger partial charge >= 0.3 is 0 Å². The fourth-order valence-electron chi connectivity index (χ4n) is 5.68. The lowest BCUT2D eigenvalue weighted by Crippen LogP contribution is -2.76. The minimum atomic E-state index is -3.75. The second-order valence-corrected chi connectivity index (χ2v) is 9.52. The number of benzene rings is 2. The first-order valence-electron chi connectivity index (χ1n) is 11.1. The number of hydrogen-bond donors (Lipinski definition) is 1. The molecule has 0 unspecified atom stereocenters. The van der Waals surface area contributed by atoms with E-state index < -0.39 is 46.1 Å². The minimum Gasteiger partial charge on any atom is -0.491 e. The molecule has 3 saturated carbocycles. The molecule has 0 aliphatic heterocycles. The van der Waals surface area contributed by atoms with Gasteiger partial charge in [-0.1, -0.05) is 12.1 Å².